The lowest BCUT2D eigenvalue weighted by atomic mass is 9.85. The molecule has 1 heterocycles. The van der Waals surface area contributed by atoms with Crippen LogP contribution >= 0.6 is 0 Å². The summed E-state index contributed by atoms with van der Waals surface area (Å²) >= 11 is 0. The second-order valence-electron chi connectivity index (χ2n) is 6.53. The summed E-state index contributed by atoms with van der Waals surface area (Å²) in [5.74, 6) is 0.988. The van der Waals surface area contributed by atoms with Gasteiger partial charge < -0.3 is 9.80 Å². The largest absolute Gasteiger partial charge is 0.309 e. The van der Waals surface area contributed by atoms with E-state index in [1.165, 1.54) is 58.3 Å². The molecule has 1 aliphatic carbocycles. The molecular weight excluding hydrogens is 196 g/mol. The molecule has 0 aromatic rings. The van der Waals surface area contributed by atoms with Crippen LogP contribution in [0.3, 0.4) is 0 Å². The van der Waals surface area contributed by atoms with E-state index in [1.54, 1.807) is 0 Å². The first-order valence-corrected chi connectivity index (χ1v) is 6.97. The monoisotopic (exact) mass is 224 g/mol. The van der Waals surface area contributed by atoms with Crippen molar-refractivity contribution >= 4 is 0 Å². The van der Waals surface area contributed by atoms with Gasteiger partial charge in [0.2, 0.25) is 0 Å². The van der Waals surface area contributed by atoms with E-state index < -0.39 is 0 Å². The maximum absolute atomic E-state index is 2.71. The lowest BCUT2D eigenvalue weighted by Crippen LogP contribution is -2.28. The second-order valence-corrected chi connectivity index (χ2v) is 6.53. The maximum Gasteiger partial charge on any atom is 0.00386 e. The van der Waals surface area contributed by atoms with Gasteiger partial charge in [-0.3, -0.25) is 0 Å². The SMILES string of the molecule is CC1CCC2(CCN(CCCN(C)C)C2)C1. The lowest BCUT2D eigenvalue weighted by molar-refractivity contribution is 0.245. The quantitative estimate of drug-likeness (QED) is 0.724. The minimum atomic E-state index is 0.734. The molecule has 2 heteroatoms. The molecule has 0 radical (unpaired) electrons. The summed E-state index contributed by atoms with van der Waals surface area (Å²) in [5, 5.41) is 0. The van der Waals surface area contributed by atoms with Crippen LogP contribution in [-0.4, -0.2) is 50.1 Å². The maximum atomic E-state index is 2.71. The summed E-state index contributed by atoms with van der Waals surface area (Å²) in [4.78, 5) is 5.00. The van der Waals surface area contributed by atoms with Gasteiger partial charge in [-0.1, -0.05) is 13.3 Å². The average molecular weight is 224 g/mol. The van der Waals surface area contributed by atoms with Gasteiger partial charge in [0.25, 0.3) is 0 Å². The molecule has 2 unspecified atom stereocenters. The summed E-state index contributed by atoms with van der Waals surface area (Å²) in [6.45, 7) is 7.74. The van der Waals surface area contributed by atoms with Crippen LogP contribution in [0.4, 0.5) is 0 Å². The highest BCUT2D eigenvalue weighted by Gasteiger charge is 2.42. The molecule has 1 saturated carbocycles. The number of likely N-dealkylation sites (tertiary alicyclic amines) is 1. The third kappa shape index (κ3) is 2.98. The van der Waals surface area contributed by atoms with Crippen molar-refractivity contribution in [3.8, 4) is 0 Å². The fraction of sp³-hybridized carbons (Fsp3) is 1.00. The van der Waals surface area contributed by atoms with Crippen LogP contribution in [0, 0.1) is 11.3 Å². The first-order chi connectivity index (χ1) is 7.60. The molecule has 0 bridgehead atoms. The zero-order valence-corrected chi connectivity index (χ0v) is 11.3. The van der Waals surface area contributed by atoms with Crippen molar-refractivity contribution < 1.29 is 0 Å². The number of hydrogen-bond acceptors (Lipinski definition) is 2. The third-order valence-electron chi connectivity index (χ3n) is 4.55. The van der Waals surface area contributed by atoms with Gasteiger partial charge in [0, 0.05) is 6.54 Å². The molecule has 94 valence electrons. The molecule has 0 N–H and O–H groups in total. The molecule has 2 fully saturated rings. The van der Waals surface area contributed by atoms with Gasteiger partial charge in [0.05, 0.1) is 0 Å². The molecule has 0 amide bonds. The van der Waals surface area contributed by atoms with E-state index in [1.807, 2.05) is 0 Å². The van der Waals surface area contributed by atoms with Crippen molar-refractivity contribution in [2.24, 2.45) is 11.3 Å². The molecule has 2 atom stereocenters. The summed E-state index contributed by atoms with van der Waals surface area (Å²) in [6, 6.07) is 0. The molecular formula is C14H28N2. The predicted molar refractivity (Wildman–Crippen MR) is 69.7 cm³/mol. The van der Waals surface area contributed by atoms with Gasteiger partial charge in [0.1, 0.15) is 0 Å². The fourth-order valence-corrected chi connectivity index (χ4v) is 3.70. The van der Waals surface area contributed by atoms with E-state index in [9.17, 15) is 0 Å². The molecule has 2 nitrogen and oxygen atoms in total. The van der Waals surface area contributed by atoms with E-state index in [2.05, 4.69) is 30.8 Å². The van der Waals surface area contributed by atoms with E-state index >= 15 is 0 Å². The zero-order chi connectivity index (χ0) is 11.6. The highest BCUT2D eigenvalue weighted by atomic mass is 15.2. The highest BCUT2D eigenvalue weighted by Crippen LogP contribution is 2.47. The number of nitrogens with zero attached hydrogens (tertiary/aromatic N) is 2. The molecule has 2 aliphatic rings. The predicted octanol–water partition coefficient (Wildman–Crippen LogP) is 2.45. The number of rotatable bonds is 4. The third-order valence-corrected chi connectivity index (χ3v) is 4.55. The van der Waals surface area contributed by atoms with Gasteiger partial charge in [-0.25, -0.2) is 0 Å². The van der Waals surface area contributed by atoms with Crippen molar-refractivity contribution in [2.45, 2.75) is 39.0 Å². The molecule has 2 rings (SSSR count). The Morgan fingerprint density at radius 2 is 2.12 bits per heavy atom. The topological polar surface area (TPSA) is 6.48 Å². The Bertz CT molecular complexity index is 227. The van der Waals surface area contributed by atoms with Crippen LogP contribution in [0.2, 0.25) is 0 Å². The van der Waals surface area contributed by atoms with E-state index in [0.717, 1.165) is 11.3 Å². The van der Waals surface area contributed by atoms with Crippen molar-refractivity contribution in [1.29, 1.82) is 0 Å². The van der Waals surface area contributed by atoms with Gasteiger partial charge in [-0.2, -0.15) is 0 Å². The van der Waals surface area contributed by atoms with Crippen LogP contribution in [0.25, 0.3) is 0 Å². The summed E-state index contributed by atoms with van der Waals surface area (Å²) in [6.07, 6.45) is 7.28. The molecule has 0 aromatic heterocycles. The van der Waals surface area contributed by atoms with Crippen LogP contribution in [0.5, 0.6) is 0 Å². The summed E-state index contributed by atoms with van der Waals surface area (Å²) in [5.41, 5.74) is 0.734. The molecule has 1 spiro atoms. The van der Waals surface area contributed by atoms with E-state index in [0.29, 0.717) is 0 Å². The summed E-state index contributed by atoms with van der Waals surface area (Å²) in [7, 11) is 4.34. The van der Waals surface area contributed by atoms with Crippen molar-refractivity contribution in [3.05, 3.63) is 0 Å². The lowest BCUT2D eigenvalue weighted by Gasteiger charge is -2.24. The van der Waals surface area contributed by atoms with Crippen molar-refractivity contribution in [2.75, 3.05) is 40.3 Å². The van der Waals surface area contributed by atoms with E-state index in [4.69, 9.17) is 0 Å². The Kier molecular flexibility index (Phi) is 3.91. The molecule has 0 aromatic carbocycles. The van der Waals surface area contributed by atoms with Crippen LogP contribution in [-0.2, 0) is 0 Å². The summed E-state index contributed by atoms with van der Waals surface area (Å²) < 4.78 is 0. The Morgan fingerprint density at radius 1 is 1.31 bits per heavy atom. The minimum absolute atomic E-state index is 0.734. The molecule has 1 saturated heterocycles. The van der Waals surface area contributed by atoms with Crippen LogP contribution in [0.15, 0.2) is 0 Å². The zero-order valence-electron chi connectivity index (χ0n) is 11.3. The van der Waals surface area contributed by atoms with Crippen LogP contribution < -0.4 is 0 Å². The normalized spacial score (nSPS) is 35.6. The minimum Gasteiger partial charge on any atom is -0.309 e. The molecule has 1 aliphatic heterocycles. The second kappa shape index (κ2) is 5.05. The van der Waals surface area contributed by atoms with Crippen LogP contribution in [0.1, 0.15) is 39.0 Å². The van der Waals surface area contributed by atoms with Gasteiger partial charge in [-0.05, 0) is 70.7 Å². The fourth-order valence-electron chi connectivity index (χ4n) is 3.70. The van der Waals surface area contributed by atoms with Gasteiger partial charge >= 0.3 is 0 Å². The van der Waals surface area contributed by atoms with Gasteiger partial charge in [0.15, 0.2) is 0 Å². The van der Waals surface area contributed by atoms with Gasteiger partial charge in [-0.15, -0.1) is 0 Å². The van der Waals surface area contributed by atoms with Crippen molar-refractivity contribution in [1.82, 2.24) is 9.80 Å². The Balaban J connectivity index is 1.71. The first kappa shape index (κ1) is 12.4. The average Bonchev–Trinajstić information content (AvgIpc) is 2.75. The van der Waals surface area contributed by atoms with Crippen molar-refractivity contribution in [3.63, 3.8) is 0 Å². The Hall–Kier alpha value is -0.0800. The Labute approximate surface area is 101 Å². The highest BCUT2D eigenvalue weighted by molar-refractivity contribution is 4.95. The smallest absolute Gasteiger partial charge is 0.00386 e. The molecule has 16 heavy (non-hydrogen) atoms. The first-order valence-electron chi connectivity index (χ1n) is 6.97. The van der Waals surface area contributed by atoms with E-state index in [-0.39, 0.29) is 0 Å². The Morgan fingerprint density at radius 3 is 2.75 bits per heavy atom. The standard InChI is InChI=1S/C14H28N2/c1-13-5-6-14(11-13)7-10-16(12-14)9-4-8-15(2)3/h13H,4-12H2,1-3H3. The number of hydrogen-bond donors (Lipinski definition) is 0.